The van der Waals surface area contributed by atoms with Gasteiger partial charge >= 0.3 is 0 Å². The van der Waals surface area contributed by atoms with Crippen molar-refractivity contribution in [3.8, 4) is 0 Å². The molecule has 0 bridgehead atoms. The molecule has 0 aliphatic carbocycles. The van der Waals surface area contributed by atoms with Crippen LogP contribution >= 0.6 is 0 Å². The Labute approximate surface area is 81.9 Å². The summed E-state index contributed by atoms with van der Waals surface area (Å²) in [6.45, 7) is 10.3. The van der Waals surface area contributed by atoms with Gasteiger partial charge < -0.3 is 5.73 Å². The summed E-state index contributed by atoms with van der Waals surface area (Å²) in [5.74, 6) is 0.756. The largest absolute Gasteiger partial charge is 0.322 e. The zero-order valence-corrected chi connectivity index (χ0v) is 9.55. The lowest BCUT2D eigenvalue weighted by Gasteiger charge is -2.28. The molecule has 0 spiro atoms. The summed E-state index contributed by atoms with van der Waals surface area (Å²) in [6.07, 6.45) is 1.91. The summed E-state index contributed by atoms with van der Waals surface area (Å²) >= 11 is 0. The second-order valence-electron chi connectivity index (χ2n) is 5.18. The average molecular weight is 185 g/mol. The molecule has 2 N–H and O–H groups in total. The molecule has 0 rings (SSSR count). The van der Waals surface area contributed by atoms with Gasteiger partial charge in [-0.25, -0.2) is 0 Å². The van der Waals surface area contributed by atoms with Crippen LogP contribution in [0, 0.1) is 11.3 Å². The summed E-state index contributed by atoms with van der Waals surface area (Å²) < 4.78 is 0. The molecule has 2 nitrogen and oxygen atoms in total. The predicted molar refractivity (Wildman–Crippen MR) is 56.5 cm³/mol. The summed E-state index contributed by atoms with van der Waals surface area (Å²) in [7, 11) is 0. The molecular weight excluding hydrogens is 162 g/mol. The highest BCUT2D eigenvalue weighted by atomic mass is 16.1. The molecule has 2 heteroatoms. The van der Waals surface area contributed by atoms with Gasteiger partial charge in [-0.3, -0.25) is 4.79 Å². The van der Waals surface area contributed by atoms with Gasteiger partial charge in [0.2, 0.25) is 0 Å². The summed E-state index contributed by atoms with van der Waals surface area (Å²) in [6, 6.07) is -0.284. The van der Waals surface area contributed by atoms with Gasteiger partial charge in [-0.1, -0.05) is 27.7 Å². The van der Waals surface area contributed by atoms with Gasteiger partial charge in [0.25, 0.3) is 0 Å². The number of hydrogen-bond acceptors (Lipinski definition) is 2. The maximum Gasteiger partial charge on any atom is 0.146 e. The van der Waals surface area contributed by atoms with Gasteiger partial charge in [0, 0.05) is 0 Å². The van der Waals surface area contributed by atoms with E-state index in [2.05, 4.69) is 27.7 Å². The fourth-order valence-electron chi connectivity index (χ4n) is 1.93. The first-order valence-corrected chi connectivity index (χ1v) is 5.00. The molecule has 0 saturated carbocycles. The van der Waals surface area contributed by atoms with Crippen LogP contribution in [0.15, 0.2) is 0 Å². The maximum atomic E-state index is 11.0. The first-order chi connectivity index (χ1) is 5.74. The number of carbonyl (C=O) groups excluding carboxylic acids is 1. The standard InChI is InChI=1S/C11H23NO/c1-8(2)6-11(4,5)7-10(12)9(3)13/h8,10H,6-7,12H2,1-5H3/t10-/m0/s1. The molecule has 0 unspecified atom stereocenters. The van der Waals surface area contributed by atoms with Gasteiger partial charge in [-0.05, 0) is 31.1 Å². The third-order valence-electron chi connectivity index (χ3n) is 2.26. The molecule has 0 fully saturated rings. The number of Topliss-reactive ketones (excluding diaryl/α,β-unsaturated/α-hetero) is 1. The lowest BCUT2D eigenvalue weighted by Crippen LogP contribution is -2.34. The monoisotopic (exact) mass is 185 g/mol. The van der Waals surface area contributed by atoms with Crippen molar-refractivity contribution in [2.45, 2.75) is 53.5 Å². The van der Waals surface area contributed by atoms with Crippen molar-refractivity contribution in [2.24, 2.45) is 17.1 Å². The van der Waals surface area contributed by atoms with E-state index in [-0.39, 0.29) is 17.2 Å². The van der Waals surface area contributed by atoms with Crippen LogP contribution in [0.3, 0.4) is 0 Å². The minimum absolute atomic E-state index is 0.0943. The maximum absolute atomic E-state index is 11.0. The number of nitrogens with two attached hydrogens (primary N) is 1. The number of hydrogen-bond donors (Lipinski definition) is 1. The Morgan fingerprint density at radius 1 is 1.31 bits per heavy atom. The Balaban J connectivity index is 4.08. The van der Waals surface area contributed by atoms with Crippen LogP contribution in [-0.2, 0) is 4.79 Å². The van der Waals surface area contributed by atoms with Gasteiger partial charge in [0.1, 0.15) is 5.78 Å². The van der Waals surface area contributed by atoms with Crippen LogP contribution in [0.1, 0.15) is 47.5 Å². The van der Waals surface area contributed by atoms with Crippen molar-refractivity contribution in [3.63, 3.8) is 0 Å². The first-order valence-electron chi connectivity index (χ1n) is 5.00. The zero-order chi connectivity index (χ0) is 10.6. The summed E-state index contributed by atoms with van der Waals surface area (Å²) in [5.41, 5.74) is 5.91. The molecule has 0 aromatic heterocycles. The Morgan fingerprint density at radius 2 is 1.77 bits per heavy atom. The molecule has 0 aliphatic rings. The van der Waals surface area contributed by atoms with Crippen molar-refractivity contribution in [1.29, 1.82) is 0 Å². The Hall–Kier alpha value is -0.370. The van der Waals surface area contributed by atoms with Gasteiger partial charge in [0.15, 0.2) is 0 Å². The number of rotatable bonds is 5. The van der Waals surface area contributed by atoms with Crippen molar-refractivity contribution in [1.82, 2.24) is 0 Å². The lowest BCUT2D eigenvalue weighted by atomic mass is 9.78. The lowest BCUT2D eigenvalue weighted by molar-refractivity contribution is -0.118. The van der Waals surface area contributed by atoms with Crippen LogP contribution in [-0.4, -0.2) is 11.8 Å². The van der Waals surface area contributed by atoms with Crippen molar-refractivity contribution in [3.05, 3.63) is 0 Å². The highest BCUT2D eigenvalue weighted by Crippen LogP contribution is 2.30. The number of ketones is 1. The third kappa shape index (κ3) is 5.81. The first kappa shape index (κ1) is 12.6. The van der Waals surface area contributed by atoms with E-state index in [1.807, 2.05) is 0 Å². The van der Waals surface area contributed by atoms with Crippen LogP contribution in [0.2, 0.25) is 0 Å². The predicted octanol–water partition coefficient (Wildman–Crippen LogP) is 2.37. The second kappa shape index (κ2) is 4.75. The molecule has 0 aromatic carbocycles. The highest BCUT2D eigenvalue weighted by Gasteiger charge is 2.24. The summed E-state index contributed by atoms with van der Waals surface area (Å²) in [4.78, 5) is 11.0. The van der Waals surface area contributed by atoms with E-state index < -0.39 is 0 Å². The SMILES string of the molecule is CC(=O)[C@@H](N)CC(C)(C)CC(C)C. The number of carbonyl (C=O) groups is 1. The molecule has 13 heavy (non-hydrogen) atoms. The van der Waals surface area contributed by atoms with Crippen molar-refractivity contribution < 1.29 is 4.79 Å². The summed E-state index contributed by atoms with van der Waals surface area (Å²) in [5, 5.41) is 0. The molecule has 78 valence electrons. The molecular formula is C11H23NO. The molecule has 0 radical (unpaired) electrons. The normalized spacial score (nSPS) is 14.7. The van der Waals surface area contributed by atoms with Crippen molar-refractivity contribution in [2.75, 3.05) is 0 Å². The smallest absolute Gasteiger partial charge is 0.146 e. The topological polar surface area (TPSA) is 43.1 Å². The van der Waals surface area contributed by atoms with E-state index in [4.69, 9.17) is 5.73 Å². The highest BCUT2D eigenvalue weighted by molar-refractivity contribution is 5.81. The molecule has 0 aromatic rings. The van der Waals surface area contributed by atoms with E-state index >= 15 is 0 Å². The quantitative estimate of drug-likeness (QED) is 0.714. The Kier molecular flexibility index (Phi) is 4.62. The molecule has 0 saturated heterocycles. The minimum Gasteiger partial charge on any atom is -0.322 e. The Bertz CT molecular complexity index is 173. The van der Waals surface area contributed by atoms with Crippen LogP contribution in [0.25, 0.3) is 0 Å². The third-order valence-corrected chi connectivity index (χ3v) is 2.26. The second-order valence-corrected chi connectivity index (χ2v) is 5.18. The van der Waals surface area contributed by atoms with Crippen LogP contribution in [0.4, 0.5) is 0 Å². The molecule has 0 aliphatic heterocycles. The zero-order valence-electron chi connectivity index (χ0n) is 9.55. The van der Waals surface area contributed by atoms with Gasteiger partial charge in [0.05, 0.1) is 6.04 Å². The van der Waals surface area contributed by atoms with Gasteiger partial charge in [-0.15, -0.1) is 0 Å². The minimum atomic E-state index is -0.284. The molecule has 1 atom stereocenters. The van der Waals surface area contributed by atoms with E-state index in [9.17, 15) is 4.79 Å². The fourth-order valence-corrected chi connectivity index (χ4v) is 1.93. The van der Waals surface area contributed by atoms with Gasteiger partial charge in [-0.2, -0.15) is 0 Å². The molecule has 0 heterocycles. The average Bonchev–Trinajstić information content (AvgIpc) is 1.81. The van der Waals surface area contributed by atoms with Crippen molar-refractivity contribution >= 4 is 5.78 Å². The van der Waals surface area contributed by atoms with E-state index in [1.54, 1.807) is 6.92 Å². The Morgan fingerprint density at radius 3 is 2.08 bits per heavy atom. The van der Waals surface area contributed by atoms with Crippen LogP contribution < -0.4 is 5.73 Å². The van der Waals surface area contributed by atoms with Crippen LogP contribution in [0.5, 0.6) is 0 Å². The fraction of sp³-hybridized carbons (Fsp3) is 0.909. The van der Waals surface area contributed by atoms with E-state index in [0.717, 1.165) is 12.8 Å². The van der Waals surface area contributed by atoms with E-state index in [0.29, 0.717) is 5.92 Å². The van der Waals surface area contributed by atoms with E-state index in [1.165, 1.54) is 0 Å². The molecule has 0 amide bonds.